The summed E-state index contributed by atoms with van der Waals surface area (Å²) >= 11 is 0. The number of nitrogens with zero attached hydrogens (tertiary/aromatic N) is 4. The molecule has 2 amide bonds. The molecule has 3 aromatic rings. The van der Waals surface area contributed by atoms with E-state index >= 15 is 0 Å². The number of nitrogens with one attached hydrogen (secondary N) is 2. The number of fused-ring (bicyclic) bond motifs is 1. The Morgan fingerprint density at radius 3 is 2.59 bits per heavy atom. The van der Waals surface area contributed by atoms with Gasteiger partial charge in [0.2, 0.25) is 11.8 Å². The first-order chi connectivity index (χ1) is 14.0. The van der Waals surface area contributed by atoms with Gasteiger partial charge in [0.15, 0.2) is 11.5 Å². The molecule has 2 heterocycles. The number of carbonyl (C=O) groups is 2. The smallest absolute Gasteiger partial charge is 0.290 e. The minimum absolute atomic E-state index is 0.0697. The summed E-state index contributed by atoms with van der Waals surface area (Å²) in [5.74, 6) is 0.156. The first kappa shape index (κ1) is 20.2. The Morgan fingerprint density at radius 1 is 1.14 bits per heavy atom. The van der Waals surface area contributed by atoms with Crippen molar-refractivity contribution >= 4 is 22.6 Å². The summed E-state index contributed by atoms with van der Waals surface area (Å²) < 4.78 is 6.28. The topological polar surface area (TPSA) is 132 Å². The van der Waals surface area contributed by atoms with E-state index in [2.05, 4.69) is 26.1 Å². The number of carbonyl (C=O) groups excluding carboxylic acids is 2. The Bertz CT molecular complexity index is 1090. The molecule has 0 bridgehead atoms. The molecule has 10 heteroatoms. The van der Waals surface area contributed by atoms with Gasteiger partial charge in [0.05, 0.1) is 5.39 Å². The summed E-state index contributed by atoms with van der Waals surface area (Å²) in [6, 6.07) is 6.73. The highest BCUT2D eigenvalue weighted by Gasteiger charge is 2.17. The lowest BCUT2D eigenvalue weighted by atomic mass is 10.1. The normalized spacial score (nSPS) is 10.8. The van der Waals surface area contributed by atoms with Gasteiger partial charge in [-0.25, -0.2) is 4.68 Å². The number of hydrogen-bond donors (Lipinski definition) is 2. The Kier molecular flexibility index (Phi) is 6.32. The van der Waals surface area contributed by atoms with E-state index in [0.29, 0.717) is 48.3 Å². The molecule has 0 spiro atoms. The maximum absolute atomic E-state index is 12.5. The molecule has 2 aromatic heterocycles. The standard InChI is InChI=1S/C19H22N6O4/c1-3-14-20-16(29-24-14)11-7-10-15(26)21-22-18(27)17-12-8-5-6-9-13(12)19(28)25(4-2)23-17/h5-6,8-9H,3-4,7,10-11H2,1-2H3,(H,21,26)(H,22,27). The number of hydrogen-bond acceptors (Lipinski definition) is 7. The molecule has 10 nitrogen and oxygen atoms in total. The largest absolute Gasteiger partial charge is 0.339 e. The molecule has 0 saturated heterocycles. The molecule has 0 aliphatic heterocycles. The zero-order chi connectivity index (χ0) is 20.8. The van der Waals surface area contributed by atoms with Crippen molar-refractivity contribution in [3.05, 3.63) is 52.0 Å². The van der Waals surface area contributed by atoms with Crippen LogP contribution in [0.1, 0.15) is 48.9 Å². The van der Waals surface area contributed by atoms with E-state index in [0.717, 1.165) is 0 Å². The Hall–Kier alpha value is -3.56. The third-order valence-corrected chi connectivity index (χ3v) is 4.32. The maximum Gasteiger partial charge on any atom is 0.290 e. The Labute approximate surface area is 166 Å². The fourth-order valence-electron chi connectivity index (χ4n) is 2.80. The first-order valence-corrected chi connectivity index (χ1v) is 9.44. The second-order valence-corrected chi connectivity index (χ2v) is 6.33. The lowest BCUT2D eigenvalue weighted by molar-refractivity contribution is -0.121. The lowest BCUT2D eigenvalue weighted by Crippen LogP contribution is -2.42. The highest BCUT2D eigenvalue weighted by atomic mass is 16.5. The van der Waals surface area contributed by atoms with E-state index in [-0.39, 0.29) is 23.6 Å². The highest BCUT2D eigenvalue weighted by Crippen LogP contribution is 2.13. The van der Waals surface area contributed by atoms with Crippen molar-refractivity contribution in [2.75, 3.05) is 0 Å². The molecule has 0 atom stereocenters. The molecule has 152 valence electrons. The summed E-state index contributed by atoms with van der Waals surface area (Å²) in [6.45, 7) is 4.01. The average molecular weight is 398 g/mol. The molecule has 1 aromatic carbocycles. The quantitative estimate of drug-likeness (QED) is 0.571. The maximum atomic E-state index is 12.5. The van der Waals surface area contributed by atoms with Gasteiger partial charge in [-0.3, -0.25) is 25.2 Å². The molecule has 3 rings (SSSR count). The van der Waals surface area contributed by atoms with Crippen LogP contribution in [0.3, 0.4) is 0 Å². The molecule has 0 aliphatic rings. The van der Waals surface area contributed by atoms with Crippen LogP contribution in [-0.2, 0) is 24.2 Å². The monoisotopic (exact) mass is 398 g/mol. The van der Waals surface area contributed by atoms with E-state index in [4.69, 9.17) is 4.52 Å². The van der Waals surface area contributed by atoms with Gasteiger partial charge < -0.3 is 4.52 Å². The third kappa shape index (κ3) is 4.65. The van der Waals surface area contributed by atoms with Crippen molar-refractivity contribution < 1.29 is 14.1 Å². The second kappa shape index (κ2) is 9.09. The van der Waals surface area contributed by atoms with Crippen molar-refractivity contribution in [1.29, 1.82) is 0 Å². The Morgan fingerprint density at radius 2 is 1.90 bits per heavy atom. The molecule has 0 saturated carbocycles. The van der Waals surface area contributed by atoms with Gasteiger partial charge in [-0.2, -0.15) is 10.1 Å². The number of amides is 2. The second-order valence-electron chi connectivity index (χ2n) is 6.33. The zero-order valence-corrected chi connectivity index (χ0v) is 16.3. The summed E-state index contributed by atoms with van der Waals surface area (Å²) in [5, 5.41) is 8.74. The van der Waals surface area contributed by atoms with E-state index in [1.807, 2.05) is 6.92 Å². The molecular formula is C19H22N6O4. The van der Waals surface area contributed by atoms with Crippen LogP contribution in [0.2, 0.25) is 0 Å². The molecule has 2 N–H and O–H groups in total. The molecule has 29 heavy (non-hydrogen) atoms. The van der Waals surface area contributed by atoms with Crippen molar-refractivity contribution in [2.45, 2.75) is 46.1 Å². The predicted molar refractivity (Wildman–Crippen MR) is 104 cm³/mol. The van der Waals surface area contributed by atoms with Crippen molar-refractivity contribution in [1.82, 2.24) is 30.8 Å². The van der Waals surface area contributed by atoms with Crippen LogP contribution < -0.4 is 16.4 Å². The lowest BCUT2D eigenvalue weighted by Gasteiger charge is -2.10. The van der Waals surface area contributed by atoms with Crippen LogP contribution in [0.15, 0.2) is 33.6 Å². The van der Waals surface area contributed by atoms with Crippen LogP contribution in [0.5, 0.6) is 0 Å². The first-order valence-electron chi connectivity index (χ1n) is 9.44. The fourth-order valence-corrected chi connectivity index (χ4v) is 2.80. The van der Waals surface area contributed by atoms with Gasteiger partial charge >= 0.3 is 0 Å². The summed E-state index contributed by atoms with van der Waals surface area (Å²) in [4.78, 5) is 41.1. The van der Waals surface area contributed by atoms with Gasteiger partial charge in [0.25, 0.3) is 11.5 Å². The van der Waals surface area contributed by atoms with Crippen LogP contribution in [0.4, 0.5) is 0 Å². The van der Waals surface area contributed by atoms with E-state index < -0.39 is 5.91 Å². The number of benzene rings is 1. The number of aryl methyl sites for hydroxylation is 3. The van der Waals surface area contributed by atoms with Gasteiger partial charge in [0.1, 0.15) is 0 Å². The van der Waals surface area contributed by atoms with Crippen molar-refractivity contribution in [2.24, 2.45) is 0 Å². The molecule has 0 unspecified atom stereocenters. The Balaban J connectivity index is 1.59. The summed E-state index contributed by atoms with van der Waals surface area (Å²) in [6.07, 6.45) is 1.83. The van der Waals surface area contributed by atoms with Crippen LogP contribution >= 0.6 is 0 Å². The predicted octanol–water partition coefficient (Wildman–Crippen LogP) is 1.15. The van der Waals surface area contributed by atoms with Gasteiger partial charge in [-0.15, -0.1) is 0 Å². The number of hydrazine groups is 1. The van der Waals surface area contributed by atoms with E-state index in [9.17, 15) is 14.4 Å². The highest BCUT2D eigenvalue weighted by molar-refractivity contribution is 6.05. The molecule has 0 fully saturated rings. The minimum Gasteiger partial charge on any atom is -0.339 e. The number of aromatic nitrogens is 4. The fraction of sp³-hybridized carbons (Fsp3) is 0.368. The summed E-state index contributed by atoms with van der Waals surface area (Å²) in [5.41, 5.74) is 4.53. The van der Waals surface area contributed by atoms with Crippen LogP contribution in [-0.4, -0.2) is 31.7 Å². The molecule has 0 radical (unpaired) electrons. The van der Waals surface area contributed by atoms with Crippen LogP contribution in [0, 0.1) is 0 Å². The average Bonchev–Trinajstić information content (AvgIpc) is 3.20. The number of rotatable bonds is 7. The van der Waals surface area contributed by atoms with Gasteiger partial charge in [-0.1, -0.05) is 30.3 Å². The van der Waals surface area contributed by atoms with Gasteiger partial charge in [-0.05, 0) is 19.4 Å². The van der Waals surface area contributed by atoms with Gasteiger partial charge in [0, 0.05) is 31.2 Å². The molecule has 0 aliphatic carbocycles. The minimum atomic E-state index is -0.596. The zero-order valence-electron chi connectivity index (χ0n) is 16.3. The third-order valence-electron chi connectivity index (χ3n) is 4.32. The van der Waals surface area contributed by atoms with E-state index in [1.165, 1.54) is 4.68 Å². The molecular weight excluding hydrogens is 376 g/mol. The van der Waals surface area contributed by atoms with Crippen LogP contribution in [0.25, 0.3) is 10.8 Å². The van der Waals surface area contributed by atoms with Crippen molar-refractivity contribution in [3.8, 4) is 0 Å². The SMILES string of the molecule is CCc1noc(CCCC(=O)NNC(=O)c2nn(CC)c(=O)c3ccccc23)n1. The summed E-state index contributed by atoms with van der Waals surface area (Å²) in [7, 11) is 0. The van der Waals surface area contributed by atoms with Crippen molar-refractivity contribution in [3.63, 3.8) is 0 Å². The van der Waals surface area contributed by atoms with E-state index in [1.54, 1.807) is 31.2 Å².